The molecule has 2 heterocycles. The number of likely N-dealkylation sites (tertiary alicyclic amines) is 1. The van der Waals surface area contributed by atoms with E-state index < -0.39 is 17.9 Å². The lowest BCUT2D eigenvalue weighted by atomic mass is 10.0. The van der Waals surface area contributed by atoms with Crippen LogP contribution in [0.3, 0.4) is 0 Å². The molecule has 1 aliphatic heterocycles. The molecule has 1 N–H and O–H groups in total. The van der Waals surface area contributed by atoms with Crippen molar-refractivity contribution in [2.24, 2.45) is 11.8 Å². The van der Waals surface area contributed by atoms with Crippen LogP contribution >= 0.6 is 0 Å². The van der Waals surface area contributed by atoms with Gasteiger partial charge in [0.1, 0.15) is 11.8 Å². The van der Waals surface area contributed by atoms with Crippen LogP contribution in [-0.4, -0.2) is 42.4 Å². The highest BCUT2D eigenvalue weighted by molar-refractivity contribution is 5.91. The fourth-order valence-electron chi connectivity index (χ4n) is 2.81. The molecule has 1 aliphatic rings. The summed E-state index contributed by atoms with van der Waals surface area (Å²) in [6, 6.07) is 2.86. The highest BCUT2D eigenvalue weighted by atomic mass is 16.5. The minimum Gasteiger partial charge on any atom is -0.467 e. The first-order valence-electron chi connectivity index (χ1n) is 8.09. The maximum Gasteiger partial charge on any atom is 0.328 e. The van der Waals surface area contributed by atoms with Crippen molar-refractivity contribution in [2.45, 2.75) is 39.3 Å². The molecule has 1 aromatic heterocycles. The largest absolute Gasteiger partial charge is 0.467 e. The summed E-state index contributed by atoms with van der Waals surface area (Å²) < 4.78 is 9.98. The monoisotopic (exact) mass is 336 g/mol. The quantitative estimate of drug-likeness (QED) is 0.759. The third-order valence-electron chi connectivity index (χ3n) is 4.02. The summed E-state index contributed by atoms with van der Waals surface area (Å²) >= 11 is 0. The predicted octanol–water partition coefficient (Wildman–Crippen LogP) is 1.33. The maximum atomic E-state index is 12.4. The molecule has 0 radical (unpaired) electrons. The van der Waals surface area contributed by atoms with Crippen LogP contribution in [0.2, 0.25) is 0 Å². The summed E-state index contributed by atoms with van der Waals surface area (Å²) in [5.74, 6) is -0.404. The summed E-state index contributed by atoms with van der Waals surface area (Å²) in [5.41, 5.74) is 0. The molecule has 0 aliphatic carbocycles. The summed E-state index contributed by atoms with van der Waals surface area (Å²) in [6.07, 6.45) is 2.18. The lowest BCUT2D eigenvalue weighted by molar-refractivity contribution is -0.146. The van der Waals surface area contributed by atoms with Gasteiger partial charge in [0, 0.05) is 13.0 Å². The molecule has 0 saturated carbocycles. The van der Waals surface area contributed by atoms with Gasteiger partial charge in [0.05, 0.1) is 25.8 Å². The van der Waals surface area contributed by atoms with E-state index in [0.29, 0.717) is 25.3 Å². The first-order chi connectivity index (χ1) is 11.4. The molecule has 2 amide bonds. The van der Waals surface area contributed by atoms with E-state index in [-0.39, 0.29) is 24.2 Å². The Balaban J connectivity index is 1.94. The van der Waals surface area contributed by atoms with Crippen LogP contribution in [0.1, 0.15) is 32.4 Å². The number of hydrogen-bond acceptors (Lipinski definition) is 5. The smallest absolute Gasteiger partial charge is 0.328 e. The highest BCUT2D eigenvalue weighted by Gasteiger charge is 2.36. The topological polar surface area (TPSA) is 88.8 Å². The van der Waals surface area contributed by atoms with Gasteiger partial charge < -0.3 is 19.4 Å². The van der Waals surface area contributed by atoms with Crippen LogP contribution < -0.4 is 5.32 Å². The van der Waals surface area contributed by atoms with E-state index in [1.54, 1.807) is 23.3 Å². The fourth-order valence-corrected chi connectivity index (χ4v) is 2.81. The van der Waals surface area contributed by atoms with E-state index in [0.717, 1.165) is 0 Å². The standard InChI is InChI=1S/C17H24N2O5/c1-11(2)7-14(17(22)23-3)18-16(21)12-8-15(20)19(9-12)10-13-5-4-6-24-13/h4-6,11-12,14H,7-10H2,1-3H3,(H,18,21). The molecule has 132 valence electrons. The third kappa shape index (κ3) is 4.59. The zero-order valence-corrected chi connectivity index (χ0v) is 14.3. The van der Waals surface area contributed by atoms with E-state index in [1.807, 2.05) is 13.8 Å². The molecule has 1 fully saturated rings. The molecule has 7 nitrogen and oxygen atoms in total. The van der Waals surface area contributed by atoms with Crippen molar-refractivity contribution in [1.82, 2.24) is 10.2 Å². The molecular formula is C17H24N2O5. The Morgan fingerprint density at radius 1 is 1.46 bits per heavy atom. The van der Waals surface area contributed by atoms with Crippen LogP contribution in [0.5, 0.6) is 0 Å². The number of methoxy groups -OCH3 is 1. The van der Waals surface area contributed by atoms with E-state index in [9.17, 15) is 14.4 Å². The van der Waals surface area contributed by atoms with Gasteiger partial charge in [-0.25, -0.2) is 4.79 Å². The lowest BCUT2D eigenvalue weighted by Gasteiger charge is -2.20. The second-order valence-corrected chi connectivity index (χ2v) is 6.47. The van der Waals surface area contributed by atoms with Crippen LogP contribution in [-0.2, 0) is 25.7 Å². The summed E-state index contributed by atoms with van der Waals surface area (Å²) in [4.78, 5) is 37.9. The van der Waals surface area contributed by atoms with Gasteiger partial charge in [-0.1, -0.05) is 13.8 Å². The van der Waals surface area contributed by atoms with Gasteiger partial charge in [0.15, 0.2) is 0 Å². The Bertz CT molecular complexity index is 582. The van der Waals surface area contributed by atoms with Crippen molar-refractivity contribution in [2.75, 3.05) is 13.7 Å². The summed E-state index contributed by atoms with van der Waals surface area (Å²) in [5, 5.41) is 2.73. The van der Waals surface area contributed by atoms with Crippen molar-refractivity contribution >= 4 is 17.8 Å². The zero-order valence-electron chi connectivity index (χ0n) is 14.3. The minimum absolute atomic E-state index is 0.0926. The Hall–Kier alpha value is -2.31. The van der Waals surface area contributed by atoms with E-state index in [2.05, 4.69) is 5.32 Å². The summed E-state index contributed by atoms with van der Waals surface area (Å²) in [6.45, 7) is 4.60. The SMILES string of the molecule is COC(=O)C(CC(C)C)NC(=O)C1CC(=O)N(Cc2ccco2)C1. The fraction of sp³-hybridized carbons (Fsp3) is 0.588. The number of nitrogens with zero attached hydrogens (tertiary/aromatic N) is 1. The second kappa shape index (κ2) is 7.99. The van der Waals surface area contributed by atoms with Crippen molar-refractivity contribution in [3.8, 4) is 0 Å². The Labute approximate surface area is 141 Å². The normalized spacial score (nSPS) is 18.8. The highest BCUT2D eigenvalue weighted by Crippen LogP contribution is 2.21. The molecule has 0 aromatic carbocycles. The molecule has 24 heavy (non-hydrogen) atoms. The number of carbonyl (C=O) groups is 3. The van der Waals surface area contributed by atoms with Crippen LogP contribution in [0.25, 0.3) is 0 Å². The lowest BCUT2D eigenvalue weighted by Crippen LogP contribution is -2.45. The molecule has 2 unspecified atom stereocenters. The van der Waals surface area contributed by atoms with Crippen LogP contribution in [0, 0.1) is 11.8 Å². The average molecular weight is 336 g/mol. The van der Waals surface area contributed by atoms with E-state index in [4.69, 9.17) is 9.15 Å². The molecule has 0 bridgehead atoms. The van der Waals surface area contributed by atoms with Crippen molar-refractivity contribution in [3.05, 3.63) is 24.2 Å². The average Bonchev–Trinajstić information content (AvgIpc) is 3.16. The number of rotatable bonds is 7. The Morgan fingerprint density at radius 3 is 2.79 bits per heavy atom. The maximum absolute atomic E-state index is 12.4. The Kier molecular flexibility index (Phi) is 6.00. The first-order valence-corrected chi connectivity index (χ1v) is 8.09. The molecule has 2 rings (SSSR count). The first kappa shape index (κ1) is 18.0. The van der Waals surface area contributed by atoms with E-state index >= 15 is 0 Å². The molecular weight excluding hydrogens is 312 g/mol. The van der Waals surface area contributed by atoms with Crippen LogP contribution in [0.15, 0.2) is 22.8 Å². The number of esters is 1. The van der Waals surface area contributed by atoms with Gasteiger partial charge in [0.2, 0.25) is 11.8 Å². The van der Waals surface area contributed by atoms with Gasteiger partial charge in [-0.2, -0.15) is 0 Å². The van der Waals surface area contributed by atoms with Crippen molar-refractivity contribution in [3.63, 3.8) is 0 Å². The van der Waals surface area contributed by atoms with Gasteiger partial charge >= 0.3 is 5.97 Å². The van der Waals surface area contributed by atoms with Gasteiger partial charge in [-0.15, -0.1) is 0 Å². The second-order valence-electron chi connectivity index (χ2n) is 6.47. The van der Waals surface area contributed by atoms with Crippen molar-refractivity contribution in [1.29, 1.82) is 0 Å². The number of furan rings is 1. The molecule has 1 saturated heterocycles. The zero-order chi connectivity index (χ0) is 17.7. The van der Waals surface area contributed by atoms with Gasteiger partial charge in [-0.05, 0) is 24.5 Å². The Morgan fingerprint density at radius 2 is 2.21 bits per heavy atom. The molecule has 7 heteroatoms. The summed E-state index contributed by atoms with van der Waals surface area (Å²) in [7, 11) is 1.30. The van der Waals surface area contributed by atoms with Crippen LogP contribution in [0.4, 0.5) is 0 Å². The van der Waals surface area contributed by atoms with Gasteiger partial charge in [0.25, 0.3) is 0 Å². The van der Waals surface area contributed by atoms with Crippen molar-refractivity contribution < 1.29 is 23.5 Å². The molecule has 0 spiro atoms. The third-order valence-corrected chi connectivity index (χ3v) is 4.02. The number of ether oxygens (including phenoxy) is 1. The minimum atomic E-state index is -0.684. The molecule has 1 aromatic rings. The number of carbonyl (C=O) groups excluding carboxylic acids is 3. The molecule has 2 atom stereocenters. The van der Waals surface area contributed by atoms with E-state index in [1.165, 1.54) is 7.11 Å². The number of nitrogens with one attached hydrogen (secondary N) is 1. The number of amides is 2. The van der Waals surface area contributed by atoms with Gasteiger partial charge in [-0.3, -0.25) is 9.59 Å². The predicted molar refractivity (Wildman–Crippen MR) is 85.6 cm³/mol. The number of hydrogen-bond donors (Lipinski definition) is 1.